The smallest absolute Gasteiger partial charge is 0.247 e. The third-order valence-electron chi connectivity index (χ3n) is 2.99. The van der Waals surface area contributed by atoms with Gasteiger partial charge in [-0.2, -0.15) is 0 Å². The van der Waals surface area contributed by atoms with Crippen molar-refractivity contribution in [1.29, 1.82) is 0 Å². The van der Waals surface area contributed by atoms with E-state index in [2.05, 4.69) is 11.4 Å². The Morgan fingerprint density at radius 3 is 2.79 bits per heavy atom. The van der Waals surface area contributed by atoms with Gasteiger partial charge < -0.3 is 5.32 Å². The van der Waals surface area contributed by atoms with Gasteiger partial charge in [0.05, 0.1) is 6.54 Å². The molecule has 5 nitrogen and oxygen atoms in total. The fourth-order valence-corrected chi connectivity index (χ4v) is 3.67. The van der Waals surface area contributed by atoms with Crippen molar-refractivity contribution < 1.29 is 13.2 Å². The lowest BCUT2D eigenvalue weighted by molar-refractivity contribution is -0.125. The molecule has 0 aliphatic heterocycles. The minimum absolute atomic E-state index is 0.0231. The fraction of sp³-hybridized carbons (Fsp3) is 0.417. The number of allylic oxidation sites excluding steroid dienone is 2. The summed E-state index contributed by atoms with van der Waals surface area (Å²) in [5.74, 6) is 0.0533. The third kappa shape index (κ3) is 3.89. The molecule has 1 unspecified atom stereocenters. The molecule has 0 radical (unpaired) electrons. The monoisotopic (exact) mass is 300 g/mol. The molecule has 0 bridgehead atoms. The molecule has 0 fully saturated rings. The van der Waals surface area contributed by atoms with Crippen LogP contribution in [0.15, 0.2) is 28.5 Å². The van der Waals surface area contributed by atoms with Crippen LogP contribution in [0.1, 0.15) is 24.1 Å². The van der Waals surface area contributed by atoms with Gasteiger partial charge in [-0.25, -0.2) is 13.6 Å². The summed E-state index contributed by atoms with van der Waals surface area (Å²) in [5.41, 5.74) is 0. The van der Waals surface area contributed by atoms with Gasteiger partial charge in [-0.1, -0.05) is 12.2 Å². The Labute approximate surface area is 116 Å². The van der Waals surface area contributed by atoms with Crippen LogP contribution in [-0.2, 0) is 21.4 Å². The van der Waals surface area contributed by atoms with Gasteiger partial charge in [-0.05, 0) is 31.4 Å². The highest BCUT2D eigenvalue weighted by Gasteiger charge is 2.18. The normalized spacial score (nSPS) is 19.3. The molecule has 2 rings (SSSR count). The van der Waals surface area contributed by atoms with Gasteiger partial charge in [-0.15, -0.1) is 11.3 Å². The minimum Gasteiger partial charge on any atom is -0.351 e. The zero-order valence-corrected chi connectivity index (χ0v) is 12.0. The Bertz CT molecular complexity index is 590. The van der Waals surface area contributed by atoms with Gasteiger partial charge in [0, 0.05) is 10.8 Å². The maximum atomic E-state index is 11.9. The molecule has 1 atom stereocenters. The van der Waals surface area contributed by atoms with E-state index in [1.807, 2.05) is 6.08 Å². The van der Waals surface area contributed by atoms with Crippen LogP contribution in [0.3, 0.4) is 0 Å². The molecule has 0 aromatic carbocycles. The van der Waals surface area contributed by atoms with E-state index in [-0.39, 0.29) is 16.0 Å². The van der Waals surface area contributed by atoms with Crippen LogP contribution < -0.4 is 10.5 Å². The quantitative estimate of drug-likeness (QED) is 0.823. The first-order valence-corrected chi connectivity index (χ1v) is 8.37. The largest absolute Gasteiger partial charge is 0.351 e. The number of carbonyl (C=O) groups excluding carboxylic acids is 1. The second-order valence-corrected chi connectivity index (χ2v) is 7.42. The van der Waals surface area contributed by atoms with Crippen molar-refractivity contribution in [2.24, 2.45) is 11.1 Å². The Morgan fingerprint density at radius 1 is 1.42 bits per heavy atom. The maximum Gasteiger partial charge on any atom is 0.247 e. The summed E-state index contributed by atoms with van der Waals surface area (Å²) in [7, 11) is -3.64. The van der Waals surface area contributed by atoms with E-state index in [1.165, 1.54) is 6.07 Å². The lowest BCUT2D eigenvalue weighted by Gasteiger charge is -2.16. The maximum absolute atomic E-state index is 11.9. The second kappa shape index (κ2) is 5.85. The average Bonchev–Trinajstić information content (AvgIpc) is 2.86. The molecule has 7 heteroatoms. The van der Waals surface area contributed by atoms with Gasteiger partial charge >= 0.3 is 0 Å². The number of hydrogen-bond donors (Lipinski definition) is 2. The number of nitrogens with one attached hydrogen (secondary N) is 1. The van der Waals surface area contributed by atoms with Gasteiger partial charge in [0.25, 0.3) is 0 Å². The van der Waals surface area contributed by atoms with E-state index in [9.17, 15) is 13.2 Å². The number of carbonyl (C=O) groups is 1. The van der Waals surface area contributed by atoms with Crippen molar-refractivity contribution in [3.63, 3.8) is 0 Å². The predicted molar refractivity (Wildman–Crippen MR) is 74.0 cm³/mol. The highest BCUT2D eigenvalue weighted by atomic mass is 32.2. The van der Waals surface area contributed by atoms with Crippen LogP contribution in [-0.4, -0.2) is 14.3 Å². The molecular weight excluding hydrogens is 284 g/mol. The van der Waals surface area contributed by atoms with Crippen LogP contribution in [0.25, 0.3) is 0 Å². The van der Waals surface area contributed by atoms with E-state index in [1.54, 1.807) is 6.07 Å². The minimum atomic E-state index is -3.64. The van der Waals surface area contributed by atoms with Gasteiger partial charge in [0.1, 0.15) is 4.21 Å². The van der Waals surface area contributed by atoms with E-state index >= 15 is 0 Å². The summed E-state index contributed by atoms with van der Waals surface area (Å²) in [6.45, 7) is 0.346. The van der Waals surface area contributed by atoms with Gasteiger partial charge in [0.15, 0.2) is 0 Å². The number of primary sulfonamides is 1. The van der Waals surface area contributed by atoms with E-state index < -0.39 is 10.0 Å². The van der Waals surface area contributed by atoms with Crippen molar-refractivity contribution in [1.82, 2.24) is 5.32 Å². The molecule has 1 aliphatic carbocycles. The highest BCUT2D eigenvalue weighted by Crippen LogP contribution is 2.21. The molecule has 1 heterocycles. The third-order valence-corrected chi connectivity index (χ3v) is 5.52. The van der Waals surface area contributed by atoms with Gasteiger partial charge in [0.2, 0.25) is 15.9 Å². The lowest BCUT2D eigenvalue weighted by Crippen LogP contribution is -2.30. The summed E-state index contributed by atoms with van der Waals surface area (Å²) in [5, 5.41) is 7.87. The van der Waals surface area contributed by atoms with Crippen LogP contribution in [0.2, 0.25) is 0 Å². The van der Waals surface area contributed by atoms with Crippen LogP contribution in [0.4, 0.5) is 0 Å². The number of thiophene rings is 1. The molecule has 0 saturated heterocycles. The molecule has 1 amide bonds. The van der Waals surface area contributed by atoms with Crippen LogP contribution >= 0.6 is 11.3 Å². The average molecular weight is 300 g/mol. The van der Waals surface area contributed by atoms with E-state index in [0.29, 0.717) is 6.54 Å². The number of rotatable bonds is 4. The van der Waals surface area contributed by atoms with Crippen molar-refractivity contribution in [3.05, 3.63) is 29.2 Å². The molecule has 3 N–H and O–H groups in total. The van der Waals surface area contributed by atoms with Crippen molar-refractivity contribution in [2.75, 3.05) is 0 Å². The van der Waals surface area contributed by atoms with Crippen molar-refractivity contribution in [3.8, 4) is 0 Å². The molecule has 104 valence electrons. The second-order valence-electron chi connectivity index (χ2n) is 4.46. The molecule has 1 aromatic rings. The topological polar surface area (TPSA) is 89.3 Å². The lowest BCUT2D eigenvalue weighted by atomic mass is 9.94. The number of amides is 1. The van der Waals surface area contributed by atoms with Crippen molar-refractivity contribution in [2.45, 2.75) is 30.0 Å². The standard InChI is InChI=1S/C12H16N2O3S2/c13-19(16,17)11-7-6-10(18-11)8-14-12(15)9-4-2-1-3-5-9/h1-2,6-7,9H,3-5,8H2,(H,14,15)(H2,13,16,17). The number of sulfonamides is 1. The molecule has 0 spiro atoms. The summed E-state index contributed by atoms with van der Waals surface area (Å²) in [6.07, 6.45) is 6.69. The van der Waals surface area contributed by atoms with E-state index in [4.69, 9.17) is 5.14 Å². The first kappa shape index (κ1) is 14.2. The Hall–Kier alpha value is -1.18. The Kier molecular flexibility index (Phi) is 4.38. The van der Waals surface area contributed by atoms with Crippen LogP contribution in [0.5, 0.6) is 0 Å². The van der Waals surface area contributed by atoms with Crippen molar-refractivity contribution >= 4 is 27.3 Å². The predicted octanol–water partition coefficient (Wildman–Crippen LogP) is 1.37. The molecule has 0 saturated carbocycles. The summed E-state index contributed by atoms with van der Waals surface area (Å²) < 4.78 is 22.4. The number of hydrogen-bond acceptors (Lipinski definition) is 4. The SMILES string of the molecule is NS(=O)(=O)c1ccc(CNC(=O)C2CC=CCC2)s1. The zero-order valence-electron chi connectivity index (χ0n) is 10.3. The molecule has 1 aliphatic rings. The summed E-state index contributed by atoms with van der Waals surface area (Å²) >= 11 is 1.09. The van der Waals surface area contributed by atoms with Gasteiger partial charge in [-0.3, -0.25) is 4.79 Å². The first-order valence-electron chi connectivity index (χ1n) is 6.01. The van der Waals surface area contributed by atoms with E-state index in [0.717, 1.165) is 35.5 Å². The molecular formula is C12H16N2O3S2. The Morgan fingerprint density at radius 2 is 2.21 bits per heavy atom. The zero-order chi connectivity index (χ0) is 13.9. The first-order chi connectivity index (χ1) is 8.97. The molecule has 19 heavy (non-hydrogen) atoms. The Balaban J connectivity index is 1.90. The fourth-order valence-electron chi connectivity index (χ4n) is 1.96. The summed E-state index contributed by atoms with van der Waals surface area (Å²) in [6, 6.07) is 3.14. The summed E-state index contributed by atoms with van der Waals surface area (Å²) in [4.78, 5) is 12.7. The molecule has 1 aromatic heterocycles. The number of nitrogens with two attached hydrogens (primary N) is 1. The van der Waals surface area contributed by atoms with Crippen LogP contribution in [0, 0.1) is 5.92 Å². The highest BCUT2D eigenvalue weighted by molar-refractivity contribution is 7.91.